The van der Waals surface area contributed by atoms with Gasteiger partial charge in [0.15, 0.2) is 0 Å². The molecule has 3 rings (SSSR count). The number of benzene rings is 3. The summed E-state index contributed by atoms with van der Waals surface area (Å²) in [5.74, 6) is 0.768. The second-order valence-electron chi connectivity index (χ2n) is 7.76. The molecule has 0 saturated carbocycles. The summed E-state index contributed by atoms with van der Waals surface area (Å²) < 4.78 is 38.8. The number of nitrogens with one attached hydrogen (secondary N) is 1. The van der Waals surface area contributed by atoms with Gasteiger partial charge in [0.25, 0.3) is 10.0 Å². The first-order chi connectivity index (χ1) is 16.4. The average molecular weight is 483 g/mol. The number of para-hydroxylation sites is 3. The average Bonchev–Trinajstić information content (AvgIpc) is 2.85. The van der Waals surface area contributed by atoms with Gasteiger partial charge in [-0.3, -0.25) is 9.10 Å². The number of anilines is 1. The van der Waals surface area contributed by atoms with E-state index in [0.29, 0.717) is 24.4 Å². The zero-order valence-corrected chi connectivity index (χ0v) is 20.5. The highest BCUT2D eigenvalue weighted by molar-refractivity contribution is 7.92. The first-order valence-electron chi connectivity index (χ1n) is 11.0. The second kappa shape index (κ2) is 11.6. The summed E-state index contributed by atoms with van der Waals surface area (Å²) in [5, 5.41) is 2.83. The normalized spacial score (nSPS) is 11.0. The van der Waals surface area contributed by atoms with Crippen LogP contribution in [-0.4, -0.2) is 41.6 Å². The Morgan fingerprint density at radius 1 is 0.882 bits per heavy atom. The Morgan fingerprint density at radius 2 is 1.50 bits per heavy atom. The lowest BCUT2D eigenvalue weighted by atomic mass is 10.1. The van der Waals surface area contributed by atoms with E-state index in [4.69, 9.17) is 9.47 Å². The van der Waals surface area contributed by atoms with Gasteiger partial charge in [-0.2, -0.15) is 0 Å². The molecule has 3 aromatic carbocycles. The van der Waals surface area contributed by atoms with Crippen molar-refractivity contribution in [2.45, 2.75) is 24.7 Å². The van der Waals surface area contributed by atoms with Crippen molar-refractivity contribution in [1.29, 1.82) is 0 Å². The molecule has 0 radical (unpaired) electrons. The standard InChI is InChI=1S/C26H30N2O5S/c1-20-14-16-22(17-15-20)34(30,31)28(23-11-5-7-13-25(23)33-3)19-26(29)27-18-8-10-21-9-4-6-12-24(21)32-2/h4-7,9,11-17H,8,10,18-19H2,1-3H3,(H,27,29). The van der Waals surface area contributed by atoms with Crippen molar-refractivity contribution in [3.63, 3.8) is 0 Å². The van der Waals surface area contributed by atoms with Crippen LogP contribution >= 0.6 is 0 Å². The van der Waals surface area contributed by atoms with Crippen molar-refractivity contribution >= 4 is 21.6 Å². The highest BCUT2D eigenvalue weighted by Gasteiger charge is 2.29. The van der Waals surface area contributed by atoms with Crippen LogP contribution in [0.3, 0.4) is 0 Å². The van der Waals surface area contributed by atoms with E-state index in [-0.39, 0.29) is 11.4 Å². The summed E-state index contributed by atoms with van der Waals surface area (Å²) in [6.45, 7) is 1.92. The molecule has 8 heteroatoms. The summed E-state index contributed by atoms with van der Waals surface area (Å²) >= 11 is 0. The van der Waals surface area contributed by atoms with Crippen molar-refractivity contribution in [3.8, 4) is 11.5 Å². The molecule has 0 fully saturated rings. The number of nitrogens with zero attached hydrogens (tertiary/aromatic N) is 1. The maximum Gasteiger partial charge on any atom is 0.264 e. The fourth-order valence-corrected chi connectivity index (χ4v) is 5.01. The number of carbonyl (C=O) groups excluding carboxylic acids is 1. The van der Waals surface area contributed by atoms with Gasteiger partial charge in [-0.05, 0) is 55.7 Å². The predicted molar refractivity (Wildman–Crippen MR) is 133 cm³/mol. The van der Waals surface area contributed by atoms with Crippen molar-refractivity contribution in [3.05, 3.63) is 83.9 Å². The molecule has 1 amide bonds. The molecule has 1 N–H and O–H groups in total. The molecule has 0 aliphatic carbocycles. The number of carbonyl (C=O) groups is 1. The van der Waals surface area contributed by atoms with E-state index in [1.54, 1.807) is 43.5 Å². The predicted octanol–water partition coefficient (Wildman–Crippen LogP) is 3.96. The molecular formula is C26H30N2O5S. The zero-order chi connectivity index (χ0) is 24.6. The van der Waals surface area contributed by atoms with E-state index in [0.717, 1.165) is 27.6 Å². The summed E-state index contributed by atoms with van der Waals surface area (Å²) in [4.78, 5) is 12.9. The SMILES string of the molecule is COc1ccccc1CCCNC(=O)CN(c1ccccc1OC)S(=O)(=O)c1ccc(C)cc1. The van der Waals surface area contributed by atoms with Crippen LogP contribution in [0, 0.1) is 6.92 Å². The minimum atomic E-state index is -4.01. The Kier molecular flexibility index (Phi) is 8.54. The van der Waals surface area contributed by atoms with Crippen LogP contribution in [0.2, 0.25) is 0 Å². The molecule has 0 aromatic heterocycles. The topological polar surface area (TPSA) is 84.9 Å². The summed E-state index contributed by atoms with van der Waals surface area (Å²) in [5.41, 5.74) is 2.29. The highest BCUT2D eigenvalue weighted by Crippen LogP contribution is 2.32. The lowest BCUT2D eigenvalue weighted by Crippen LogP contribution is -2.41. The molecule has 34 heavy (non-hydrogen) atoms. The molecule has 180 valence electrons. The lowest BCUT2D eigenvalue weighted by Gasteiger charge is -2.25. The van der Waals surface area contributed by atoms with E-state index < -0.39 is 15.9 Å². The molecular weight excluding hydrogens is 452 g/mol. The lowest BCUT2D eigenvalue weighted by molar-refractivity contribution is -0.119. The van der Waals surface area contributed by atoms with Gasteiger partial charge in [0.2, 0.25) is 5.91 Å². The van der Waals surface area contributed by atoms with Crippen LogP contribution in [-0.2, 0) is 21.2 Å². The van der Waals surface area contributed by atoms with E-state index in [2.05, 4.69) is 5.32 Å². The van der Waals surface area contributed by atoms with E-state index >= 15 is 0 Å². The Morgan fingerprint density at radius 3 is 2.18 bits per heavy atom. The number of amides is 1. The third-order valence-corrected chi connectivity index (χ3v) is 7.16. The molecule has 3 aromatic rings. The van der Waals surface area contributed by atoms with Gasteiger partial charge < -0.3 is 14.8 Å². The van der Waals surface area contributed by atoms with Gasteiger partial charge in [-0.25, -0.2) is 8.42 Å². The Balaban J connectivity index is 1.75. The third-order valence-electron chi connectivity index (χ3n) is 5.39. The van der Waals surface area contributed by atoms with Crippen LogP contribution in [0.25, 0.3) is 0 Å². The minimum Gasteiger partial charge on any atom is -0.496 e. The van der Waals surface area contributed by atoms with Gasteiger partial charge in [0, 0.05) is 6.54 Å². The van der Waals surface area contributed by atoms with Crippen molar-refractivity contribution in [2.75, 3.05) is 31.6 Å². The molecule has 7 nitrogen and oxygen atoms in total. The van der Waals surface area contributed by atoms with E-state index in [9.17, 15) is 13.2 Å². The van der Waals surface area contributed by atoms with Gasteiger partial charge in [0.05, 0.1) is 24.8 Å². The number of aryl methyl sites for hydroxylation is 2. The van der Waals surface area contributed by atoms with Crippen molar-refractivity contribution in [2.24, 2.45) is 0 Å². The number of ether oxygens (including phenoxy) is 2. The minimum absolute atomic E-state index is 0.105. The second-order valence-corrected chi connectivity index (χ2v) is 9.62. The van der Waals surface area contributed by atoms with E-state index in [1.165, 1.54) is 19.2 Å². The smallest absolute Gasteiger partial charge is 0.264 e. The van der Waals surface area contributed by atoms with Crippen LogP contribution in [0.15, 0.2) is 77.7 Å². The quantitative estimate of drug-likeness (QED) is 0.418. The van der Waals surface area contributed by atoms with Crippen LogP contribution in [0.5, 0.6) is 11.5 Å². The maximum absolute atomic E-state index is 13.5. The third kappa shape index (κ3) is 6.08. The largest absolute Gasteiger partial charge is 0.496 e. The molecule has 0 spiro atoms. The molecule has 0 atom stereocenters. The summed E-state index contributed by atoms with van der Waals surface area (Å²) in [7, 11) is -0.913. The van der Waals surface area contributed by atoms with Gasteiger partial charge in [-0.15, -0.1) is 0 Å². The van der Waals surface area contributed by atoms with Gasteiger partial charge in [0.1, 0.15) is 18.0 Å². The molecule has 0 unspecified atom stereocenters. The first-order valence-corrected chi connectivity index (χ1v) is 12.4. The number of methoxy groups -OCH3 is 2. The number of rotatable bonds is 11. The van der Waals surface area contributed by atoms with Crippen molar-refractivity contribution in [1.82, 2.24) is 5.32 Å². The number of sulfonamides is 1. The van der Waals surface area contributed by atoms with E-state index in [1.807, 2.05) is 31.2 Å². The zero-order valence-electron chi connectivity index (χ0n) is 19.7. The Bertz CT molecular complexity index is 1210. The van der Waals surface area contributed by atoms with Crippen LogP contribution in [0.1, 0.15) is 17.5 Å². The highest BCUT2D eigenvalue weighted by atomic mass is 32.2. The summed E-state index contributed by atoms with van der Waals surface area (Å²) in [6, 6.07) is 21.0. The molecule has 0 aliphatic heterocycles. The number of hydrogen-bond acceptors (Lipinski definition) is 5. The Hall–Kier alpha value is -3.52. The van der Waals surface area contributed by atoms with Crippen LogP contribution in [0.4, 0.5) is 5.69 Å². The first kappa shape index (κ1) is 25.1. The van der Waals surface area contributed by atoms with Gasteiger partial charge >= 0.3 is 0 Å². The fraction of sp³-hybridized carbons (Fsp3) is 0.269. The number of hydrogen-bond donors (Lipinski definition) is 1. The molecule has 0 heterocycles. The van der Waals surface area contributed by atoms with Crippen molar-refractivity contribution < 1.29 is 22.7 Å². The summed E-state index contributed by atoms with van der Waals surface area (Å²) in [6.07, 6.45) is 1.41. The Labute approximate surface area is 201 Å². The molecule has 0 bridgehead atoms. The molecule has 0 aliphatic rings. The van der Waals surface area contributed by atoms with Crippen LogP contribution < -0.4 is 19.1 Å². The maximum atomic E-state index is 13.5. The molecule has 0 saturated heterocycles. The monoisotopic (exact) mass is 482 g/mol. The van der Waals surface area contributed by atoms with Gasteiger partial charge in [-0.1, -0.05) is 48.0 Å². The fourth-order valence-electron chi connectivity index (χ4n) is 3.58.